The fraction of sp³-hybridized carbons (Fsp3) is 0.556. The first kappa shape index (κ1) is 20.0. The molecule has 0 bridgehead atoms. The lowest BCUT2D eigenvalue weighted by Crippen LogP contribution is -2.41. The smallest absolute Gasteiger partial charge is 0.407 e. The molecule has 2 rings (SSSR count). The van der Waals surface area contributed by atoms with Crippen molar-refractivity contribution in [1.29, 1.82) is 0 Å². The molecule has 2 amide bonds. The van der Waals surface area contributed by atoms with Gasteiger partial charge in [-0.3, -0.25) is 0 Å². The Morgan fingerprint density at radius 2 is 2.19 bits per heavy atom. The molecule has 0 aliphatic carbocycles. The Labute approximate surface area is 152 Å². The maximum atomic E-state index is 13.9. The minimum atomic E-state index is -0.962. The van der Waals surface area contributed by atoms with Gasteiger partial charge >= 0.3 is 12.2 Å². The zero-order valence-corrected chi connectivity index (χ0v) is 15.0. The van der Waals surface area contributed by atoms with Crippen molar-refractivity contribution in [2.24, 2.45) is 5.92 Å². The number of piperidine rings is 1. The predicted octanol–water partition coefficient (Wildman–Crippen LogP) is 2.94. The summed E-state index contributed by atoms with van der Waals surface area (Å²) < 4.78 is 24.3. The highest BCUT2D eigenvalue weighted by molar-refractivity contribution is 5.66. The number of nitrogens with one attached hydrogen (secondary N) is 1. The third-order valence-corrected chi connectivity index (χ3v) is 4.40. The number of carbonyl (C=O) groups excluding carboxylic acids is 1. The largest absolute Gasteiger partial charge is 0.465 e. The topological polar surface area (TPSA) is 88.1 Å². The summed E-state index contributed by atoms with van der Waals surface area (Å²) in [6.07, 6.45) is -0.455. The molecular weight excluding hydrogens is 343 g/mol. The number of hydrogen-bond donors (Lipinski definition) is 2. The van der Waals surface area contributed by atoms with Gasteiger partial charge in [-0.15, -0.1) is 0 Å². The summed E-state index contributed by atoms with van der Waals surface area (Å²) in [5, 5.41) is 11.8. The minimum Gasteiger partial charge on any atom is -0.465 e. The Kier molecular flexibility index (Phi) is 7.20. The van der Waals surface area contributed by atoms with Crippen molar-refractivity contribution in [2.45, 2.75) is 25.9 Å². The zero-order chi connectivity index (χ0) is 19.1. The van der Waals surface area contributed by atoms with Crippen molar-refractivity contribution in [1.82, 2.24) is 10.2 Å². The molecule has 0 aromatic heterocycles. The van der Waals surface area contributed by atoms with Crippen LogP contribution in [-0.4, -0.2) is 55.5 Å². The van der Waals surface area contributed by atoms with Crippen LogP contribution in [0.1, 0.15) is 30.1 Å². The molecule has 1 aromatic carbocycles. The maximum absolute atomic E-state index is 13.9. The highest BCUT2D eigenvalue weighted by Crippen LogP contribution is 2.33. The lowest BCUT2D eigenvalue weighted by molar-refractivity contribution is -0.0118. The molecule has 0 radical (unpaired) electrons. The highest BCUT2D eigenvalue weighted by Gasteiger charge is 2.31. The van der Waals surface area contributed by atoms with Crippen LogP contribution in [0.25, 0.3) is 0 Å². The Hall–Kier alpha value is -2.35. The lowest BCUT2D eigenvalue weighted by atomic mass is 9.88. The average molecular weight is 368 g/mol. The molecule has 7 nitrogen and oxygen atoms in total. The molecule has 2 atom stereocenters. The van der Waals surface area contributed by atoms with Gasteiger partial charge in [0, 0.05) is 25.6 Å². The number of hydrogen-bond acceptors (Lipinski definition) is 4. The van der Waals surface area contributed by atoms with Gasteiger partial charge in [0.2, 0.25) is 0 Å². The molecule has 0 saturated carbocycles. The van der Waals surface area contributed by atoms with E-state index in [-0.39, 0.29) is 24.9 Å². The fourth-order valence-electron chi connectivity index (χ4n) is 3.28. The number of amides is 2. The number of benzene rings is 1. The molecule has 26 heavy (non-hydrogen) atoms. The molecule has 144 valence electrons. The zero-order valence-electron chi connectivity index (χ0n) is 15.0. The monoisotopic (exact) mass is 368 g/mol. The van der Waals surface area contributed by atoms with E-state index in [1.54, 1.807) is 6.92 Å². The summed E-state index contributed by atoms with van der Waals surface area (Å²) in [5.74, 6) is -0.439. The van der Waals surface area contributed by atoms with Crippen molar-refractivity contribution < 1.29 is 28.6 Å². The SMILES string of the molecule is COC(=O)NCCO[C@@H](c1cc(C)cc(F)c1)C1CCCN(C(=O)O)C1. The molecule has 8 heteroatoms. The Morgan fingerprint density at radius 3 is 2.85 bits per heavy atom. The van der Waals surface area contributed by atoms with Gasteiger partial charge in [0.25, 0.3) is 0 Å². The van der Waals surface area contributed by atoms with Gasteiger partial charge in [0.15, 0.2) is 0 Å². The second-order valence-corrected chi connectivity index (χ2v) is 6.40. The summed E-state index contributed by atoms with van der Waals surface area (Å²) >= 11 is 0. The first-order valence-electron chi connectivity index (χ1n) is 8.59. The molecule has 1 saturated heterocycles. The molecule has 1 heterocycles. The highest BCUT2D eigenvalue weighted by atomic mass is 19.1. The average Bonchev–Trinajstić information content (AvgIpc) is 2.60. The van der Waals surface area contributed by atoms with Crippen molar-refractivity contribution in [3.05, 3.63) is 35.1 Å². The van der Waals surface area contributed by atoms with Crippen LogP contribution in [0, 0.1) is 18.7 Å². The molecule has 1 aromatic rings. The number of aryl methyl sites for hydroxylation is 1. The summed E-state index contributed by atoms with van der Waals surface area (Å²) in [7, 11) is 1.27. The number of likely N-dealkylation sites (tertiary alicyclic amines) is 1. The van der Waals surface area contributed by atoms with Gasteiger partial charge in [0.1, 0.15) is 5.82 Å². The molecule has 1 fully saturated rings. The maximum Gasteiger partial charge on any atom is 0.407 e. The number of carbonyl (C=O) groups is 2. The van der Waals surface area contributed by atoms with Crippen molar-refractivity contribution in [3.63, 3.8) is 0 Å². The van der Waals surface area contributed by atoms with Crippen molar-refractivity contribution in [2.75, 3.05) is 33.4 Å². The molecular formula is C18H25FN2O5. The summed E-state index contributed by atoms with van der Waals surface area (Å²) in [6, 6.07) is 4.70. The van der Waals surface area contributed by atoms with Crippen LogP contribution < -0.4 is 5.32 Å². The van der Waals surface area contributed by atoms with E-state index in [1.807, 2.05) is 6.07 Å². The van der Waals surface area contributed by atoms with E-state index in [2.05, 4.69) is 10.1 Å². The van der Waals surface area contributed by atoms with Crippen LogP contribution in [0.15, 0.2) is 18.2 Å². The Morgan fingerprint density at radius 1 is 1.42 bits per heavy atom. The van der Waals surface area contributed by atoms with E-state index in [4.69, 9.17) is 4.74 Å². The normalized spacial score (nSPS) is 18.3. The fourth-order valence-corrected chi connectivity index (χ4v) is 3.28. The summed E-state index contributed by atoms with van der Waals surface area (Å²) in [5.41, 5.74) is 1.45. The van der Waals surface area contributed by atoms with Crippen LogP contribution in [0.2, 0.25) is 0 Å². The third-order valence-electron chi connectivity index (χ3n) is 4.40. The molecule has 1 unspecified atom stereocenters. The van der Waals surface area contributed by atoms with Gasteiger partial charge in [-0.05, 0) is 43.0 Å². The van der Waals surface area contributed by atoms with Gasteiger partial charge in [-0.25, -0.2) is 14.0 Å². The molecule has 0 spiro atoms. The first-order valence-corrected chi connectivity index (χ1v) is 8.59. The second-order valence-electron chi connectivity index (χ2n) is 6.40. The van der Waals surface area contributed by atoms with E-state index in [1.165, 1.54) is 24.1 Å². The van der Waals surface area contributed by atoms with Gasteiger partial charge in [-0.1, -0.05) is 6.07 Å². The number of carboxylic acid groups (broad SMARTS) is 1. The van der Waals surface area contributed by atoms with E-state index < -0.39 is 18.3 Å². The molecule has 1 aliphatic heterocycles. The van der Waals surface area contributed by atoms with Crippen LogP contribution in [-0.2, 0) is 9.47 Å². The van der Waals surface area contributed by atoms with Crippen LogP contribution in [0.5, 0.6) is 0 Å². The van der Waals surface area contributed by atoms with E-state index in [9.17, 15) is 19.1 Å². The van der Waals surface area contributed by atoms with Gasteiger partial charge < -0.3 is 24.8 Å². The number of methoxy groups -OCH3 is 1. The van der Waals surface area contributed by atoms with Gasteiger partial charge in [0.05, 0.1) is 19.8 Å². The summed E-state index contributed by atoms with van der Waals surface area (Å²) in [4.78, 5) is 23.8. The minimum absolute atomic E-state index is 0.0841. The van der Waals surface area contributed by atoms with Crippen molar-refractivity contribution >= 4 is 12.2 Å². The summed E-state index contributed by atoms with van der Waals surface area (Å²) in [6.45, 7) is 3.07. The van der Waals surface area contributed by atoms with Gasteiger partial charge in [-0.2, -0.15) is 0 Å². The predicted molar refractivity (Wildman–Crippen MR) is 92.6 cm³/mol. The molecule has 2 N–H and O–H groups in total. The number of nitrogens with zero attached hydrogens (tertiary/aromatic N) is 1. The van der Waals surface area contributed by atoms with Crippen LogP contribution in [0.3, 0.4) is 0 Å². The number of halogens is 1. The van der Waals surface area contributed by atoms with Crippen LogP contribution >= 0.6 is 0 Å². The Balaban J connectivity index is 2.12. The number of rotatable bonds is 6. The Bertz CT molecular complexity index is 620. The van der Waals surface area contributed by atoms with E-state index >= 15 is 0 Å². The molecule has 1 aliphatic rings. The second kappa shape index (κ2) is 9.38. The van der Waals surface area contributed by atoms with E-state index in [0.29, 0.717) is 18.7 Å². The quantitative estimate of drug-likeness (QED) is 0.754. The van der Waals surface area contributed by atoms with Crippen molar-refractivity contribution in [3.8, 4) is 0 Å². The van der Waals surface area contributed by atoms with Crippen LogP contribution in [0.4, 0.5) is 14.0 Å². The first-order chi connectivity index (χ1) is 12.4. The standard InChI is InChI=1S/C18H25FN2O5/c1-12-8-14(10-15(19)9-12)16(26-7-5-20-17(22)25-2)13-4-3-6-21(11-13)18(23)24/h8-10,13,16H,3-7,11H2,1-2H3,(H,20,22)(H,23,24)/t13?,16-/m1/s1. The number of ether oxygens (including phenoxy) is 2. The number of alkyl carbamates (subject to hydrolysis) is 1. The lowest BCUT2D eigenvalue weighted by Gasteiger charge is -2.36. The third kappa shape index (κ3) is 5.59. The van der Waals surface area contributed by atoms with E-state index in [0.717, 1.165) is 18.4 Å².